The van der Waals surface area contributed by atoms with E-state index in [0.717, 1.165) is 31.4 Å². The van der Waals surface area contributed by atoms with Gasteiger partial charge in [-0.15, -0.1) is 11.3 Å². The molecule has 3 aromatic heterocycles. The van der Waals surface area contributed by atoms with Gasteiger partial charge in [0.2, 0.25) is 0 Å². The first-order valence-electron chi connectivity index (χ1n) is 10.8. The first-order chi connectivity index (χ1) is 14.6. The van der Waals surface area contributed by atoms with Gasteiger partial charge in [-0.2, -0.15) is 5.10 Å². The van der Waals surface area contributed by atoms with Crippen LogP contribution in [0.3, 0.4) is 0 Å². The summed E-state index contributed by atoms with van der Waals surface area (Å²) < 4.78 is 8.47. The predicted octanol–water partition coefficient (Wildman–Crippen LogP) is 6.36. The number of benzene rings is 1. The topological polar surface area (TPSA) is 43.6 Å². The molecular weight excluding hydrogens is 392 g/mol. The molecular formula is C25H28N2O2S. The molecule has 1 aromatic carbocycles. The molecule has 0 aliphatic carbocycles. The largest absolute Gasteiger partial charge is 0.466 e. The second-order valence-corrected chi connectivity index (χ2v) is 8.66. The number of aryl methyl sites for hydroxylation is 2. The van der Waals surface area contributed by atoms with Crippen molar-refractivity contribution in [2.75, 3.05) is 6.61 Å². The van der Waals surface area contributed by atoms with E-state index in [-0.39, 0.29) is 5.97 Å². The maximum atomic E-state index is 11.7. The monoisotopic (exact) mass is 420 g/mol. The summed E-state index contributed by atoms with van der Waals surface area (Å²) in [4.78, 5) is 13.0. The number of rotatable bonds is 8. The van der Waals surface area contributed by atoms with Crippen LogP contribution < -0.4 is 0 Å². The number of hydrogen-bond donors (Lipinski definition) is 0. The van der Waals surface area contributed by atoms with E-state index in [2.05, 4.69) is 60.8 Å². The molecule has 4 nitrogen and oxygen atoms in total. The van der Waals surface area contributed by atoms with Gasteiger partial charge in [-0.05, 0) is 74.7 Å². The van der Waals surface area contributed by atoms with Crippen LogP contribution in [0.2, 0.25) is 0 Å². The molecule has 0 radical (unpaired) electrons. The lowest BCUT2D eigenvalue weighted by molar-refractivity contribution is -0.143. The Balaban J connectivity index is 1.74. The number of thiophene rings is 1. The third kappa shape index (κ3) is 3.99. The summed E-state index contributed by atoms with van der Waals surface area (Å²) in [6.07, 6.45) is 4.11. The first kappa shape index (κ1) is 20.6. The maximum Gasteiger partial charge on any atom is 0.305 e. The van der Waals surface area contributed by atoms with E-state index in [0.29, 0.717) is 13.0 Å². The van der Waals surface area contributed by atoms with Gasteiger partial charge in [0.05, 0.1) is 17.8 Å². The minimum absolute atomic E-state index is 0.105. The Morgan fingerprint density at radius 3 is 2.73 bits per heavy atom. The summed E-state index contributed by atoms with van der Waals surface area (Å²) in [6, 6.07) is 15.2. The molecule has 4 aromatic rings. The fourth-order valence-corrected chi connectivity index (χ4v) is 5.23. The van der Waals surface area contributed by atoms with Crippen molar-refractivity contribution < 1.29 is 9.53 Å². The number of esters is 1. The van der Waals surface area contributed by atoms with Crippen molar-refractivity contribution in [3.63, 3.8) is 0 Å². The van der Waals surface area contributed by atoms with Crippen LogP contribution in [0.1, 0.15) is 50.1 Å². The van der Waals surface area contributed by atoms with Crippen LogP contribution in [0.15, 0.2) is 42.5 Å². The molecule has 0 amide bonds. The molecule has 0 saturated heterocycles. The van der Waals surface area contributed by atoms with Crippen LogP contribution in [0, 0.1) is 6.92 Å². The van der Waals surface area contributed by atoms with Crippen molar-refractivity contribution in [1.29, 1.82) is 0 Å². The van der Waals surface area contributed by atoms with Gasteiger partial charge < -0.3 is 4.74 Å². The SMILES string of the molecule is CCOC(=O)CCCCc1c(C)nn2c(CC)ccc2c1-c1cc2ccccc2s1. The normalized spacial score (nSPS) is 11.4. The van der Waals surface area contributed by atoms with Crippen molar-refractivity contribution >= 4 is 32.9 Å². The highest BCUT2D eigenvalue weighted by Crippen LogP contribution is 2.39. The van der Waals surface area contributed by atoms with Crippen molar-refractivity contribution in [2.24, 2.45) is 0 Å². The number of hydrogen-bond acceptors (Lipinski definition) is 4. The molecule has 0 aliphatic heterocycles. The molecule has 0 spiro atoms. The highest BCUT2D eigenvalue weighted by Gasteiger charge is 2.18. The molecule has 0 saturated carbocycles. The molecule has 0 fully saturated rings. The van der Waals surface area contributed by atoms with Crippen molar-refractivity contribution in [3.8, 4) is 10.4 Å². The molecule has 3 heterocycles. The molecule has 0 bridgehead atoms. The average molecular weight is 421 g/mol. The second-order valence-electron chi connectivity index (χ2n) is 7.57. The van der Waals surface area contributed by atoms with Gasteiger partial charge in [0.1, 0.15) is 0 Å². The zero-order valence-corrected chi connectivity index (χ0v) is 18.7. The Morgan fingerprint density at radius 2 is 1.97 bits per heavy atom. The summed E-state index contributed by atoms with van der Waals surface area (Å²) in [7, 11) is 0. The number of unbranched alkanes of at least 4 members (excludes halogenated alkanes) is 1. The summed E-state index contributed by atoms with van der Waals surface area (Å²) in [5, 5.41) is 6.20. The lowest BCUT2D eigenvalue weighted by atomic mass is 9.98. The van der Waals surface area contributed by atoms with Crippen molar-refractivity contribution in [1.82, 2.24) is 9.61 Å². The van der Waals surface area contributed by atoms with Gasteiger partial charge in [0.15, 0.2) is 0 Å². The summed E-state index contributed by atoms with van der Waals surface area (Å²) in [5.41, 5.74) is 6.05. The minimum atomic E-state index is -0.105. The van der Waals surface area contributed by atoms with Gasteiger partial charge in [-0.1, -0.05) is 25.1 Å². The molecule has 0 atom stereocenters. The van der Waals surface area contributed by atoms with E-state index in [1.807, 2.05) is 18.3 Å². The third-order valence-electron chi connectivity index (χ3n) is 5.58. The Labute approximate surface area is 181 Å². The van der Waals surface area contributed by atoms with Crippen LogP contribution in [-0.4, -0.2) is 22.2 Å². The standard InChI is InChI=1S/C25H28N2O2S/c1-4-19-14-15-21-25(23-16-18-10-6-8-12-22(18)30-23)20(17(3)26-27(19)21)11-7-9-13-24(28)29-5-2/h6,8,10,12,14-16H,4-5,7,9,11,13H2,1-3H3. The number of carbonyl (C=O) groups excluding carboxylic acids is 1. The average Bonchev–Trinajstić information content (AvgIpc) is 3.34. The summed E-state index contributed by atoms with van der Waals surface area (Å²) >= 11 is 1.84. The Kier molecular flexibility index (Phi) is 6.18. The van der Waals surface area contributed by atoms with E-state index >= 15 is 0 Å². The van der Waals surface area contributed by atoms with Gasteiger partial charge in [0, 0.05) is 27.3 Å². The number of fused-ring (bicyclic) bond motifs is 2. The highest BCUT2D eigenvalue weighted by atomic mass is 32.1. The van der Waals surface area contributed by atoms with E-state index in [1.54, 1.807) is 0 Å². The Bertz CT molecular complexity index is 1160. The lowest BCUT2D eigenvalue weighted by Crippen LogP contribution is -2.06. The minimum Gasteiger partial charge on any atom is -0.466 e. The van der Waals surface area contributed by atoms with E-state index in [4.69, 9.17) is 9.84 Å². The number of carbonyl (C=O) groups is 1. The van der Waals surface area contributed by atoms with Gasteiger partial charge >= 0.3 is 5.97 Å². The summed E-state index contributed by atoms with van der Waals surface area (Å²) in [6.45, 7) is 6.57. The zero-order chi connectivity index (χ0) is 21.1. The number of nitrogens with zero attached hydrogens (tertiary/aromatic N) is 2. The number of ether oxygens (including phenoxy) is 1. The van der Waals surface area contributed by atoms with Crippen LogP contribution in [0.4, 0.5) is 0 Å². The fraction of sp³-hybridized carbons (Fsp3) is 0.360. The zero-order valence-electron chi connectivity index (χ0n) is 17.9. The first-order valence-corrected chi connectivity index (χ1v) is 11.6. The molecule has 156 valence electrons. The van der Waals surface area contributed by atoms with E-state index in [9.17, 15) is 4.79 Å². The van der Waals surface area contributed by atoms with E-state index in [1.165, 1.54) is 37.3 Å². The Hall–Kier alpha value is -2.66. The molecule has 0 N–H and O–H groups in total. The van der Waals surface area contributed by atoms with Crippen LogP contribution in [0.25, 0.3) is 26.0 Å². The fourth-order valence-electron chi connectivity index (χ4n) is 4.08. The van der Waals surface area contributed by atoms with Gasteiger partial charge in [-0.25, -0.2) is 4.52 Å². The molecule has 0 aliphatic rings. The van der Waals surface area contributed by atoms with Crippen molar-refractivity contribution in [2.45, 2.75) is 52.9 Å². The van der Waals surface area contributed by atoms with Gasteiger partial charge in [-0.3, -0.25) is 4.79 Å². The molecule has 30 heavy (non-hydrogen) atoms. The van der Waals surface area contributed by atoms with Crippen LogP contribution in [-0.2, 0) is 22.4 Å². The predicted molar refractivity (Wildman–Crippen MR) is 124 cm³/mol. The summed E-state index contributed by atoms with van der Waals surface area (Å²) in [5.74, 6) is -0.105. The quantitative estimate of drug-likeness (QED) is 0.246. The Morgan fingerprint density at radius 1 is 1.13 bits per heavy atom. The van der Waals surface area contributed by atoms with Gasteiger partial charge in [0.25, 0.3) is 0 Å². The lowest BCUT2D eigenvalue weighted by Gasteiger charge is -2.14. The molecule has 4 rings (SSSR count). The maximum absolute atomic E-state index is 11.7. The second kappa shape index (κ2) is 9.00. The smallest absolute Gasteiger partial charge is 0.305 e. The number of aromatic nitrogens is 2. The molecule has 0 unspecified atom stereocenters. The van der Waals surface area contributed by atoms with E-state index < -0.39 is 0 Å². The van der Waals surface area contributed by atoms with Crippen LogP contribution in [0.5, 0.6) is 0 Å². The molecule has 5 heteroatoms. The third-order valence-corrected chi connectivity index (χ3v) is 6.71. The highest BCUT2D eigenvalue weighted by molar-refractivity contribution is 7.22. The van der Waals surface area contributed by atoms with Crippen LogP contribution >= 0.6 is 11.3 Å². The van der Waals surface area contributed by atoms with Crippen molar-refractivity contribution in [3.05, 3.63) is 59.4 Å².